The fourth-order valence-electron chi connectivity index (χ4n) is 1.91. The summed E-state index contributed by atoms with van der Waals surface area (Å²) >= 11 is 0. The van der Waals surface area contributed by atoms with E-state index in [1.165, 1.54) is 5.56 Å². The van der Waals surface area contributed by atoms with Crippen molar-refractivity contribution in [1.82, 2.24) is 4.90 Å². The zero-order valence-electron chi connectivity index (χ0n) is 10.7. The normalized spacial score (nSPS) is 17.7. The number of morpholine rings is 1. The summed E-state index contributed by atoms with van der Waals surface area (Å²) in [5.41, 5.74) is 7.87. The molecule has 1 aliphatic heterocycles. The highest BCUT2D eigenvalue weighted by Crippen LogP contribution is 2.12. The van der Waals surface area contributed by atoms with Crippen molar-refractivity contribution >= 4 is 11.6 Å². The molecule has 1 aliphatic rings. The minimum atomic E-state index is 0.427. The maximum Gasteiger partial charge on any atom is 0.192 e. The van der Waals surface area contributed by atoms with Gasteiger partial charge in [-0.25, -0.2) is 0 Å². The van der Waals surface area contributed by atoms with Gasteiger partial charge in [0.2, 0.25) is 0 Å². The molecule has 3 N–H and O–H groups in total. The van der Waals surface area contributed by atoms with Gasteiger partial charge in [0.1, 0.15) is 0 Å². The Labute approximate surface area is 108 Å². The van der Waals surface area contributed by atoms with Crippen molar-refractivity contribution in [3.8, 4) is 0 Å². The number of nitrogens with two attached hydrogens (primary N) is 1. The smallest absolute Gasteiger partial charge is 0.192 e. The van der Waals surface area contributed by atoms with Gasteiger partial charge in [0.15, 0.2) is 5.96 Å². The molecule has 0 unspecified atom stereocenters. The molecule has 0 spiro atoms. The van der Waals surface area contributed by atoms with E-state index in [1.54, 1.807) is 7.05 Å². The summed E-state index contributed by atoms with van der Waals surface area (Å²) in [6, 6.07) is 8.27. The summed E-state index contributed by atoms with van der Waals surface area (Å²) < 4.78 is 5.33. The van der Waals surface area contributed by atoms with Gasteiger partial charge in [0.25, 0.3) is 0 Å². The molecule has 0 atom stereocenters. The second-order valence-corrected chi connectivity index (χ2v) is 4.32. The highest BCUT2D eigenvalue weighted by molar-refractivity contribution is 5.92. The average Bonchev–Trinajstić information content (AvgIpc) is 2.42. The van der Waals surface area contributed by atoms with Gasteiger partial charge in [0.05, 0.1) is 13.2 Å². The van der Waals surface area contributed by atoms with Gasteiger partial charge in [-0.2, -0.15) is 0 Å². The molecule has 1 aromatic rings. The van der Waals surface area contributed by atoms with Crippen LogP contribution in [-0.4, -0.2) is 44.2 Å². The maximum absolute atomic E-state index is 5.61. The third kappa shape index (κ3) is 3.72. The van der Waals surface area contributed by atoms with Crippen LogP contribution in [0.25, 0.3) is 0 Å². The summed E-state index contributed by atoms with van der Waals surface area (Å²) in [6.07, 6.45) is 0. The first-order valence-electron chi connectivity index (χ1n) is 6.16. The van der Waals surface area contributed by atoms with Gasteiger partial charge in [-0.05, 0) is 17.7 Å². The quantitative estimate of drug-likeness (QED) is 0.615. The van der Waals surface area contributed by atoms with Crippen molar-refractivity contribution < 1.29 is 4.74 Å². The summed E-state index contributed by atoms with van der Waals surface area (Å²) in [7, 11) is 1.66. The monoisotopic (exact) mass is 248 g/mol. The van der Waals surface area contributed by atoms with Crippen molar-refractivity contribution in [2.45, 2.75) is 6.54 Å². The van der Waals surface area contributed by atoms with Crippen LogP contribution >= 0.6 is 0 Å². The van der Waals surface area contributed by atoms with Gasteiger partial charge in [-0.1, -0.05) is 12.1 Å². The Morgan fingerprint density at radius 1 is 1.33 bits per heavy atom. The van der Waals surface area contributed by atoms with E-state index in [-0.39, 0.29) is 0 Å². The molecule has 1 saturated heterocycles. The number of hydrogen-bond donors (Lipinski definition) is 2. The lowest BCUT2D eigenvalue weighted by Crippen LogP contribution is -2.35. The number of nitrogens with zero attached hydrogens (tertiary/aromatic N) is 2. The highest BCUT2D eigenvalue weighted by Gasteiger charge is 2.10. The molecule has 98 valence electrons. The van der Waals surface area contributed by atoms with Gasteiger partial charge < -0.3 is 15.8 Å². The first-order chi connectivity index (χ1) is 8.78. The number of guanidine groups is 1. The van der Waals surface area contributed by atoms with Crippen LogP contribution in [0, 0.1) is 0 Å². The summed E-state index contributed by atoms with van der Waals surface area (Å²) in [5, 5.41) is 3.02. The van der Waals surface area contributed by atoms with Crippen molar-refractivity contribution in [2.75, 3.05) is 38.7 Å². The molecule has 1 fully saturated rings. The molecule has 0 saturated carbocycles. The molecule has 0 bridgehead atoms. The first-order valence-corrected chi connectivity index (χ1v) is 6.16. The fourth-order valence-corrected chi connectivity index (χ4v) is 1.91. The van der Waals surface area contributed by atoms with Gasteiger partial charge in [-0.15, -0.1) is 0 Å². The van der Waals surface area contributed by atoms with E-state index in [0.717, 1.165) is 38.5 Å². The number of ether oxygens (including phenoxy) is 1. The lowest BCUT2D eigenvalue weighted by atomic mass is 10.2. The van der Waals surface area contributed by atoms with Crippen LogP contribution in [-0.2, 0) is 11.3 Å². The Morgan fingerprint density at radius 2 is 2.00 bits per heavy atom. The number of rotatable bonds is 3. The van der Waals surface area contributed by atoms with Gasteiger partial charge in [0, 0.05) is 32.4 Å². The van der Waals surface area contributed by atoms with Crippen LogP contribution in [0.2, 0.25) is 0 Å². The minimum Gasteiger partial charge on any atom is -0.379 e. The van der Waals surface area contributed by atoms with Crippen LogP contribution < -0.4 is 11.1 Å². The zero-order valence-corrected chi connectivity index (χ0v) is 10.7. The Kier molecular flexibility index (Phi) is 4.55. The third-order valence-electron chi connectivity index (χ3n) is 2.98. The summed E-state index contributed by atoms with van der Waals surface area (Å²) in [6.45, 7) is 4.66. The Balaban J connectivity index is 1.90. The lowest BCUT2D eigenvalue weighted by molar-refractivity contribution is 0.0342. The first kappa shape index (κ1) is 12.9. The predicted octanol–water partition coefficient (Wildman–Crippen LogP) is 0.875. The van der Waals surface area contributed by atoms with Crippen molar-refractivity contribution in [1.29, 1.82) is 0 Å². The molecule has 1 aromatic carbocycles. The van der Waals surface area contributed by atoms with E-state index in [4.69, 9.17) is 10.5 Å². The van der Waals surface area contributed by atoms with Crippen LogP contribution in [0.1, 0.15) is 5.56 Å². The van der Waals surface area contributed by atoms with Gasteiger partial charge >= 0.3 is 0 Å². The summed E-state index contributed by atoms with van der Waals surface area (Å²) in [5.74, 6) is 0.427. The lowest BCUT2D eigenvalue weighted by Gasteiger charge is -2.26. The van der Waals surface area contributed by atoms with E-state index < -0.39 is 0 Å². The number of nitrogens with one attached hydrogen (secondary N) is 1. The van der Waals surface area contributed by atoms with Crippen molar-refractivity contribution in [2.24, 2.45) is 10.7 Å². The van der Waals surface area contributed by atoms with E-state index in [9.17, 15) is 0 Å². The van der Waals surface area contributed by atoms with E-state index in [1.807, 2.05) is 12.1 Å². The molecule has 0 radical (unpaired) electrons. The van der Waals surface area contributed by atoms with Crippen LogP contribution in [0.15, 0.2) is 29.3 Å². The van der Waals surface area contributed by atoms with E-state index >= 15 is 0 Å². The Bertz CT molecular complexity index is 396. The molecule has 0 amide bonds. The number of hydrogen-bond acceptors (Lipinski definition) is 3. The molecule has 0 aromatic heterocycles. The maximum atomic E-state index is 5.61. The van der Waals surface area contributed by atoms with Crippen molar-refractivity contribution in [3.63, 3.8) is 0 Å². The largest absolute Gasteiger partial charge is 0.379 e. The summed E-state index contributed by atoms with van der Waals surface area (Å²) in [4.78, 5) is 6.26. The van der Waals surface area contributed by atoms with Crippen LogP contribution in [0.5, 0.6) is 0 Å². The molecule has 5 nitrogen and oxygen atoms in total. The number of benzene rings is 1. The predicted molar refractivity (Wildman–Crippen MR) is 73.7 cm³/mol. The Morgan fingerprint density at radius 3 is 2.61 bits per heavy atom. The minimum absolute atomic E-state index is 0.427. The van der Waals surface area contributed by atoms with Crippen molar-refractivity contribution in [3.05, 3.63) is 29.8 Å². The molecule has 5 heteroatoms. The molecule has 2 rings (SSSR count). The number of aliphatic imine (C=N–C) groups is 1. The SMILES string of the molecule is CN=C(N)Nc1ccc(CN2CCOCC2)cc1. The Hall–Kier alpha value is -1.59. The molecule has 1 heterocycles. The third-order valence-corrected chi connectivity index (χ3v) is 2.98. The fraction of sp³-hybridized carbons (Fsp3) is 0.462. The topological polar surface area (TPSA) is 62.9 Å². The van der Waals surface area contributed by atoms with Gasteiger partial charge in [-0.3, -0.25) is 9.89 Å². The van der Waals surface area contributed by atoms with E-state index in [0.29, 0.717) is 5.96 Å². The molecular weight excluding hydrogens is 228 g/mol. The molecule has 18 heavy (non-hydrogen) atoms. The molecule has 0 aliphatic carbocycles. The average molecular weight is 248 g/mol. The van der Waals surface area contributed by atoms with E-state index in [2.05, 4.69) is 27.3 Å². The van der Waals surface area contributed by atoms with Crippen LogP contribution in [0.3, 0.4) is 0 Å². The standard InChI is InChI=1S/C13H20N4O/c1-15-13(14)16-12-4-2-11(3-5-12)10-17-6-8-18-9-7-17/h2-5H,6-10H2,1H3,(H3,14,15,16). The second kappa shape index (κ2) is 6.37. The second-order valence-electron chi connectivity index (χ2n) is 4.32. The molecular formula is C13H20N4O. The van der Waals surface area contributed by atoms with Crippen LogP contribution in [0.4, 0.5) is 5.69 Å². The number of anilines is 1. The zero-order chi connectivity index (χ0) is 12.8. The highest BCUT2D eigenvalue weighted by atomic mass is 16.5.